The summed E-state index contributed by atoms with van der Waals surface area (Å²) >= 11 is 1.84. The third-order valence-electron chi connectivity index (χ3n) is 2.77. The molecule has 2 N–H and O–H groups in total. The maximum Gasteiger partial charge on any atom is 0.338 e. The van der Waals surface area contributed by atoms with Crippen LogP contribution < -0.4 is 5.32 Å². The Hall–Kier alpha value is -1.56. The maximum atomic E-state index is 11.9. The second-order valence-electron chi connectivity index (χ2n) is 4.05. The van der Waals surface area contributed by atoms with Crippen LogP contribution in [0.4, 0.5) is 0 Å². The van der Waals surface area contributed by atoms with Crippen LogP contribution in [0.25, 0.3) is 0 Å². The van der Waals surface area contributed by atoms with Crippen molar-refractivity contribution in [2.24, 2.45) is 0 Å². The smallest absolute Gasteiger partial charge is 0.338 e. The Balaban J connectivity index is 2.01. The van der Waals surface area contributed by atoms with E-state index >= 15 is 0 Å². The number of amides is 1. The van der Waals surface area contributed by atoms with Crippen molar-refractivity contribution < 1.29 is 14.7 Å². The summed E-state index contributed by atoms with van der Waals surface area (Å²) in [5, 5.41) is 12.2. The number of nitrogens with zero attached hydrogens (tertiary/aromatic N) is 1. The van der Waals surface area contributed by atoms with Crippen molar-refractivity contribution >= 4 is 23.6 Å². The lowest BCUT2D eigenvalue weighted by Gasteiger charge is -2.10. The van der Waals surface area contributed by atoms with Gasteiger partial charge in [-0.15, -0.1) is 0 Å². The van der Waals surface area contributed by atoms with Crippen LogP contribution in [0.2, 0.25) is 0 Å². The van der Waals surface area contributed by atoms with Crippen molar-refractivity contribution in [1.29, 1.82) is 0 Å². The van der Waals surface area contributed by atoms with Gasteiger partial charge in [0.1, 0.15) is 5.69 Å². The highest BCUT2D eigenvalue weighted by molar-refractivity contribution is 8.00. The Bertz CT molecular complexity index is 458. The highest BCUT2D eigenvalue weighted by atomic mass is 32.2. The fourth-order valence-electron chi connectivity index (χ4n) is 1.85. The van der Waals surface area contributed by atoms with Crippen LogP contribution in [-0.2, 0) is 0 Å². The van der Waals surface area contributed by atoms with Gasteiger partial charge in [-0.25, -0.2) is 4.79 Å². The Kier molecular flexibility index (Phi) is 4.19. The molecule has 1 amide bonds. The lowest BCUT2D eigenvalue weighted by Crippen LogP contribution is -2.31. The third kappa shape index (κ3) is 3.01. The van der Waals surface area contributed by atoms with Crippen LogP contribution >= 0.6 is 11.8 Å². The summed E-state index contributed by atoms with van der Waals surface area (Å²) in [4.78, 5) is 26.7. The molecule has 1 atom stereocenters. The topological polar surface area (TPSA) is 79.3 Å². The number of thioether (sulfide) groups is 1. The summed E-state index contributed by atoms with van der Waals surface area (Å²) in [6.45, 7) is 0.569. The lowest BCUT2D eigenvalue weighted by molar-refractivity contribution is 0.0690. The van der Waals surface area contributed by atoms with Crippen molar-refractivity contribution in [1.82, 2.24) is 10.3 Å². The van der Waals surface area contributed by atoms with E-state index in [9.17, 15) is 9.59 Å². The second-order valence-corrected chi connectivity index (χ2v) is 5.46. The van der Waals surface area contributed by atoms with Gasteiger partial charge in [0.25, 0.3) is 5.91 Å². The van der Waals surface area contributed by atoms with Gasteiger partial charge >= 0.3 is 5.97 Å². The highest BCUT2D eigenvalue weighted by Gasteiger charge is 2.20. The molecular weight excluding hydrogens is 252 g/mol. The molecule has 2 heterocycles. The molecule has 0 spiro atoms. The number of carboxylic acids is 1. The number of hydrogen-bond acceptors (Lipinski definition) is 4. The minimum absolute atomic E-state index is 0.0204. The molecular formula is C12H14N2O3S. The summed E-state index contributed by atoms with van der Waals surface area (Å²) in [7, 11) is 0. The fraction of sp³-hybridized carbons (Fsp3) is 0.417. The van der Waals surface area contributed by atoms with E-state index < -0.39 is 11.9 Å². The predicted molar refractivity (Wildman–Crippen MR) is 69.0 cm³/mol. The molecule has 0 bridgehead atoms. The van der Waals surface area contributed by atoms with Crippen molar-refractivity contribution in [2.75, 3.05) is 12.3 Å². The fourth-order valence-corrected chi connectivity index (χ4v) is 3.06. The van der Waals surface area contributed by atoms with Crippen molar-refractivity contribution in [3.8, 4) is 0 Å². The largest absolute Gasteiger partial charge is 0.478 e. The van der Waals surface area contributed by atoms with E-state index in [4.69, 9.17) is 5.11 Å². The number of pyridine rings is 1. The zero-order chi connectivity index (χ0) is 13.0. The summed E-state index contributed by atoms with van der Waals surface area (Å²) < 4.78 is 0. The second kappa shape index (κ2) is 5.86. The summed E-state index contributed by atoms with van der Waals surface area (Å²) in [6.07, 6.45) is 3.69. The monoisotopic (exact) mass is 266 g/mol. The van der Waals surface area contributed by atoms with Gasteiger partial charge in [0, 0.05) is 18.0 Å². The minimum Gasteiger partial charge on any atom is -0.478 e. The number of nitrogens with one attached hydrogen (secondary N) is 1. The van der Waals surface area contributed by atoms with Gasteiger partial charge < -0.3 is 10.4 Å². The molecule has 5 nitrogen and oxygen atoms in total. The van der Waals surface area contributed by atoms with Crippen molar-refractivity contribution in [3.05, 3.63) is 29.6 Å². The number of rotatable bonds is 4. The Morgan fingerprint density at radius 2 is 2.39 bits per heavy atom. The first-order chi connectivity index (χ1) is 8.68. The molecule has 0 aliphatic carbocycles. The standard InChI is InChI=1S/C12H14N2O3S/c15-11(14-7-8-3-2-6-18-8)10-9(12(16)17)4-1-5-13-10/h1,4-5,8H,2-3,6-7H2,(H,14,15)(H,16,17). The van der Waals surface area contributed by atoms with E-state index in [1.54, 1.807) is 0 Å². The van der Waals surface area contributed by atoms with E-state index in [2.05, 4.69) is 10.3 Å². The number of carbonyl (C=O) groups is 2. The number of aromatic carboxylic acids is 1. The van der Waals surface area contributed by atoms with Gasteiger partial charge in [-0.3, -0.25) is 9.78 Å². The van der Waals surface area contributed by atoms with Crippen LogP contribution in [-0.4, -0.2) is 39.5 Å². The van der Waals surface area contributed by atoms with E-state index in [0.29, 0.717) is 11.8 Å². The molecule has 0 saturated carbocycles. The number of carbonyl (C=O) groups excluding carboxylic acids is 1. The molecule has 1 unspecified atom stereocenters. The van der Waals surface area contributed by atoms with Gasteiger partial charge in [0.2, 0.25) is 0 Å². The molecule has 96 valence electrons. The average Bonchev–Trinajstić information content (AvgIpc) is 2.89. The van der Waals surface area contributed by atoms with E-state index in [1.165, 1.54) is 24.8 Å². The molecule has 1 saturated heterocycles. The minimum atomic E-state index is -1.14. The van der Waals surface area contributed by atoms with E-state index in [1.807, 2.05) is 11.8 Å². The van der Waals surface area contributed by atoms with Gasteiger partial charge in [-0.2, -0.15) is 11.8 Å². The number of hydrogen-bond donors (Lipinski definition) is 2. The highest BCUT2D eigenvalue weighted by Crippen LogP contribution is 2.25. The average molecular weight is 266 g/mol. The molecule has 1 aliphatic rings. The Morgan fingerprint density at radius 1 is 1.56 bits per heavy atom. The quantitative estimate of drug-likeness (QED) is 0.861. The number of aromatic nitrogens is 1. The Morgan fingerprint density at radius 3 is 3.06 bits per heavy atom. The zero-order valence-electron chi connectivity index (χ0n) is 9.76. The third-order valence-corrected chi connectivity index (χ3v) is 4.17. The molecule has 2 rings (SSSR count). The van der Waals surface area contributed by atoms with E-state index in [-0.39, 0.29) is 11.3 Å². The molecule has 1 aromatic heterocycles. The molecule has 1 aliphatic heterocycles. The van der Waals surface area contributed by atoms with Gasteiger partial charge in [-0.05, 0) is 30.7 Å². The summed E-state index contributed by atoms with van der Waals surface area (Å²) in [5.74, 6) is -0.422. The van der Waals surface area contributed by atoms with Crippen LogP contribution in [0.3, 0.4) is 0 Å². The lowest BCUT2D eigenvalue weighted by atomic mass is 10.2. The van der Waals surface area contributed by atoms with Gasteiger partial charge in [0.05, 0.1) is 5.56 Å². The zero-order valence-corrected chi connectivity index (χ0v) is 10.6. The Labute approximate surface area is 109 Å². The first-order valence-corrected chi connectivity index (χ1v) is 6.81. The molecule has 0 radical (unpaired) electrons. The normalized spacial score (nSPS) is 18.6. The molecule has 6 heteroatoms. The van der Waals surface area contributed by atoms with E-state index in [0.717, 1.165) is 12.2 Å². The molecule has 18 heavy (non-hydrogen) atoms. The maximum absolute atomic E-state index is 11.9. The molecule has 0 aromatic carbocycles. The number of carboxylic acid groups (broad SMARTS) is 1. The summed E-state index contributed by atoms with van der Waals surface area (Å²) in [5.41, 5.74) is -0.0814. The van der Waals surface area contributed by atoms with Gasteiger partial charge in [0.15, 0.2) is 0 Å². The predicted octanol–water partition coefficient (Wildman–Crippen LogP) is 1.41. The van der Waals surface area contributed by atoms with Crippen LogP contribution in [0.1, 0.15) is 33.7 Å². The molecule has 1 aromatic rings. The molecule has 1 fully saturated rings. The first-order valence-electron chi connectivity index (χ1n) is 5.76. The SMILES string of the molecule is O=C(O)c1cccnc1C(=O)NCC1CCCS1. The van der Waals surface area contributed by atoms with Crippen molar-refractivity contribution in [2.45, 2.75) is 18.1 Å². The van der Waals surface area contributed by atoms with Crippen LogP contribution in [0.5, 0.6) is 0 Å². The summed E-state index contributed by atoms with van der Waals surface area (Å²) in [6, 6.07) is 2.89. The van der Waals surface area contributed by atoms with Gasteiger partial charge in [-0.1, -0.05) is 0 Å². The first kappa shape index (κ1) is 12.9. The van der Waals surface area contributed by atoms with Crippen LogP contribution in [0.15, 0.2) is 18.3 Å². The van der Waals surface area contributed by atoms with Crippen LogP contribution in [0, 0.1) is 0 Å². The van der Waals surface area contributed by atoms with Crippen molar-refractivity contribution in [3.63, 3.8) is 0 Å².